The van der Waals surface area contributed by atoms with Gasteiger partial charge in [0.05, 0.1) is 5.75 Å². The molecule has 0 aliphatic rings. The van der Waals surface area contributed by atoms with Gasteiger partial charge in [0.1, 0.15) is 5.75 Å². The lowest BCUT2D eigenvalue weighted by Gasteiger charge is -2.14. The first-order valence-corrected chi connectivity index (χ1v) is 11.0. The van der Waals surface area contributed by atoms with Crippen LogP contribution in [0.3, 0.4) is 0 Å². The molecule has 0 radical (unpaired) electrons. The molecule has 30 heavy (non-hydrogen) atoms. The molecule has 2 aromatic carbocycles. The number of amides is 1. The van der Waals surface area contributed by atoms with Gasteiger partial charge in [-0.1, -0.05) is 43.0 Å². The molecule has 3 aromatic rings. The molecule has 0 saturated heterocycles. The Morgan fingerprint density at radius 3 is 2.60 bits per heavy atom. The van der Waals surface area contributed by atoms with Gasteiger partial charge in [0, 0.05) is 12.7 Å². The van der Waals surface area contributed by atoms with Crippen molar-refractivity contribution in [2.24, 2.45) is 7.05 Å². The second-order valence-corrected chi connectivity index (χ2v) is 8.26. The first kappa shape index (κ1) is 21.9. The van der Waals surface area contributed by atoms with Crippen molar-refractivity contribution in [1.29, 1.82) is 0 Å². The molecule has 1 amide bonds. The number of carbonyl (C=O) groups is 1. The summed E-state index contributed by atoms with van der Waals surface area (Å²) in [6.07, 6.45) is 0.740. The lowest BCUT2D eigenvalue weighted by Crippen LogP contribution is -2.15. The molecule has 0 fully saturated rings. The van der Waals surface area contributed by atoms with Crippen molar-refractivity contribution in [2.75, 3.05) is 11.1 Å². The highest BCUT2D eigenvalue weighted by Crippen LogP contribution is 2.24. The molecule has 0 unspecified atom stereocenters. The zero-order valence-corrected chi connectivity index (χ0v) is 18.9. The van der Waals surface area contributed by atoms with Crippen LogP contribution in [0.2, 0.25) is 0 Å². The summed E-state index contributed by atoms with van der Waals surface area (Å²) < 4.78 is 7.89. The number of benzene rings is 2. The van der Waals surface area contributed by atoms with E-state index < -0.39 is 0 Å². The fraction of sp³-hybridized carbons (Fsp3) is 0.348. The van der Waals surface area contributed by atoms with Crippen molar-refractivity contribution in [3.05, 3.63) is 65.0 Å². The van der Waals surface area contributed by atoms with Crippen LogP contribution in [0, 0.1) is 13.8 Å². The van der Waals surface area contributed by atoms with Gasteiger partial charge in [-0.25, -0.2) is 0 Å². The zero-order chi connectivity index (χ0) is 21.7. The predicted molar refractivity (Wildman–Crippen MR) is 121 cm³/mol. The summed E-state index contributed by atoms with van der Waals surface area (Å²) in [5.41, 5.74) is 4.26. The molecule has 7 heteroatoms. The molecule has 0 aliphatic heterocycles. The molecule has 0 saturated carbocycles. The third-order valence-electron chi connectivity index (χ3n) is 4.88. The Balaban J connectivity index is 1.59. The smallest absolute Gasteiger partial charge is 0.234 e. The molecule has 158 valence electrons. The minimum atomic E-state index is -0.256. The van der Waals surface area contributed by atoms with Crippen molar-refractivity contribution in [3.63, 3.8) is 0 Å². The predicted octanol–water partition coefficient (Wildman–Crippen LogP) is 4.87. The number of hydrogen-bond acceptors (Lipinski definition) is 5. The highest BCUT2D eigenvalue weighted by Gasteiger charge is 2.18. The lowest BCUT2D eigenvalue weighted by molar-refractivity contribution is -0.113. The summed E-state index contributed by atoms with van der Waals surface area (Å²) in [6, 6.07) is 14.1. The maximum absolute atomic E-state index is 12.4. The number of nitrogens with zero attached hydrogens (tertiary/aromatic N) is 3. The van der Waals surface area contributed by atoms with Crippen LogP contribution in [0.5, 0.6) is 5.75 Å². The maximum Gasteiger partial charge on any atom is 0.234 e. The number of nitrogens with one attached hydrogen (secondary N) is 1. The largest absolute Gasteiger partial charge is 0.483 e. The Bertz CT molecular complexity index is 1010. The molecule has 6 nitrogen and oxygen atoms in total. The molecule has 1 N–H and O–H groups in total. The van der Waals surface area contributed by atoms with E-state index in [1.54, 1.807) is 0 Å². The van der Waals surface area contributed by atoms with Crippen molar-refractivity contribution in [1.82, 2.24) is 14.8 Å². The van der Waals surface area contributed by atoms with E-state index in [0.717, 1.165) is 29.0 Å². The van der Waals surface area contributed by atoms with Gasteiger partial charge in [0.25, 0.3) is 0 Å². The summed E-state index contributed by atoms with van der Waals surface area (Å²) in [5.74, 6) is 1.70. The van der Waals surface area contributed by atoms with Crippen molar-refractivity contribution >= 4 is 23.4 Å². The van der Waals surface area contributed by atoms with Crippen LogP contribution in [-0.4, -0.2) is 26.4 Å². The second kappa shape index (κ2) is 9.80. The standard InChI is InChI=1S/C23H28N4O2S/c1-6-18-9-11-19(12-10-18)29-17(4)22-25-26-23(27(22)5)30-14-21(28)24-20-13-15(2)7-8-16(20)3/h7-13,17H,6,14H2,1-5H3,(H,24,28)/t17-/m1/s1. The molecular weight excluding hydrogens is 396 g/mol. The molecule has 1 atom stereocenters. The Kier molecular flexibility index (Phi) is 7.15. The number of rotatable bonds is 8. The van der Waals surface area contributed by atoms with Gasteiger partial charge in [-0.2, -0.15) is 0 Å². The molecule has 0 bridgehead atoms. The highest BCUT2D eigenvalue weighted by molar-refractivity contribution is 7.99. The fourth-order valence-electron chi connectivity index (χ4n) is 3.05. The van der Waals surface area contributed by atoms with Crippen LogP contribution < -0.4 is 10.1 Å². The number of anilines is 1. The Hall–Kier alpha value is -2.80. The minimum absolute atomic E-state index is 0.0708. The zero-order valence-electron chi connectivity index (χ0n) is 18.1. The number of carbonyl (C=O) groups excluding carboxylic acids is 1. The summed E-state index contributed by atoms with van der Waals surface area (Å²) in [5, 5.41) is 12.1. The SMILES string of the molecule is CCc1ccc(O[C@H](C)c2nnc(SCC(=O)Nc3cc(C)ccc3C)n2C)cc1. The average molecular weight is 425 g/mol. The van der Waals surface area contributed by atoms with Gasteiger partial charge >= 0.3 is 0 Å². The summed E-state index contributed by atoms with van der Waals surface area (Å²) >= 11 is 1.36. The third kappa shape index (κ3) is 5.42. The van der Waals surface area contributed by atoms with Crippen LogP contribution in [-0.2, 0) is 18.3 Å². The number of aryl methyl sites for hydroxylation is 3. The van der Waals surface area contributed by atoms with E-state index >= 15 is 0 Å². The number of hydrogen-bond donors (Lipinski definition) is 1. The third-order valence-corrected chi connectivity index (χ3v) is 5.90. The van der Waals surface area contributed by atoms with E-state index in [-0.39, 0.29) is 17.8 Å². The maximum atomic E-state index is 12.4. The topological polar surface area (TPSA) is 69.0 Å². The summed E-state index contributed by atoms with van der Waals surface area (Å²) in [6.45, 7) is 8.06. The number of ether oxygens (including phenoxy) is 1. The van der Waals surface area contributed by atoms with Crippen LogP contribution >= 0.6 is 11.8 Å². The number of thioether (sulfide) groups is 1. The second-order valence-electron chi connectivity index (χ2n) is 7.31. The van der Waals surface area contributed by atoms with Crippen LogP contribution in [0.1, 0.15) is 42.5 Å². The molecule has 1 aromatic heterocycles. The Morgan fingerprint density at radius 1 is 1.17 bits per heavy atom. The van der Waals surface area contributed by atoms with Crippen molar-refractivity contribution in [2.45, 2.75) is 45.4 Å². The van der Waals surface area contributed by atoms with Gasteiger partial charge in [-0.05, 0) is 62.1 Å². The van der Waals surface area contributed by atoms with Crippen molar-refractivity contribution in [3.8, 4) is 5.75 Å². The fourth-order valence-corrected chi connectivity index (χ4v) is 3.77. The van der Waals surface area contributed by atoms with E-state index in [2.05, 4.69) is 34.6 Å². The average Bonchev–Trinajstić information content (AvgIpc) is 3.10. The van der Waals surface area contributed by atoms with Gasteiger partial charge in [0.2, 0.25) is 5.91 Å². The molecular formula is C23H28N4O2S. The highest BCUT2D eigenvalue weighted by atomic mass is 32.2. The molecule has 0 spiro atoms. The van der Waals surface area contributed by atoms with E-state index in [0.29, 0.717) is 11.0 Å². The molecule has 0 aliphatic carbocycles. The Labute approximate surface area is 182 Å². The monoisotopic (exact) mass is 424 g/mol. The van der Waals surface area contributed by atoms with E-state index in [1.807, 2.05) is 62.7 Å². The van der Waals surface area contributed by atoms with Crippen LogP contribution in [0.15, 0.2) is 47.6 Å². The first-order valence-electron chi connectivity index (χ1n) is 10.0. The van der Waals surface area contributed by atoms with Gasteiger partial charge < -0.3 is 14.6 Å². The Morgan fingerprint density at radius 2 is 1.90 bits per heavy atom. The number of aromatic nitrogens is 3. The normalized spacial score (nSPS) is 11.9. The first-order chi connectivity index (χ1) is 14.4. The van der Waals surface area contributed by atoms with Gasteiger partial charge in [0.15, 0.2) is 17.1 Å². The molecule has 1 heterocycles. The minimum Gasteiger partial charge on any atom is -0.483 e. The van der Waals surface area contributed by atoms with Gasteiger partial charge in [-0.3, -0.25) is 4.79 Å². The summed E-state index contributed by atoms with van der Waals surface area (Å²) in [4.78, 5) is 12.4. The van der Waals surface area contributed by atoms with E-state index in [4.69, 9.17) is 4.74 Å². The van der Waals surface area contributed by atoms with Crippen molar-refractivity contribution < 1.29 is 9.53 Å². The lowest BCUT2D eigenvalue weighted by atomic mass is 10.1. The van der Waals surface area contributed by atoms with E-state index in [9.17, 15) is 4.79 Å². The molecule has 3 rings (SSSR count). The summed E-state index contributed by atoms with van der Waals surface area (Å²) in [7, 11) is 1.89. The van der Waals surface area contributed by atoms with E-state index in [1.165, 1.54) is 17.3 Å². The van der Waals surface area contributed by atoms with Crippen LogP contribution in [0.4, 0.5) is 5.69 Å². The van der Waals surface area contributed by atoms with Crippen LogP contribution in [0.25, 0.3) is 0 Å². The quantitative estimate of drug-likeness (QED) is 0.523. The van der Waals surface area contributed by atoms with Gasteiger partial charge in [-0.15, -0.1) is 10.2 Å².